The molecule has 0 atom stereocenters. The maximum Gasteiger partial charge on any atom is 0.271 e. The molecular weight excluding hydrogens is 334 g/mol. The summed E-state index contributed by atoms with van der Waals surface area (Å²) in [5.74, 6) is -0.442. The molecule has 2 amide bonds. The number of phenols is 2. The molecular formula is C19H19N3O4. The van der Waals surface area contributed by atoms with Crippen LogP contribution in [0.4, 0.5) is 5.69 Å². The predicted octanol–water partition coefficient (Wildman–Crippen LogP) is 2.38. The van der Waals surface area contributed by atoms with Gasteiger partial charge in [-0.15, -0.1) is 0 Å². The van der Waals surface area contributed by atoms with Crippen molar-refractivity contribution in [3.05, 3.63) is 53.6 Å². The van der Waals surface area contributed by atoms with Crippen LogP contribution in [0.3, 0.4) is 0 Å². The van der Waals surface area contributed by atoms with Crippen molar-refractivity contribution >= 4 is 23.2 Å². The minimum atomic E-state index is -0.433. The van der Waals surface area contributed by atoms with Crippen molar-refractivity contribution in [3.8, 4) is 11.5 Å². The van der Waals surface area contributed by atoms with Gasteiger partial charge in [0.1, 0.15) is 11.5 Å². The number of phenolic OH excluding ortho intramolecular Hbond substituents is 2. The summed E-state index contributed by atoms with van der Waals surface area (Å²) in [5.41, 5.74) is 4.15. The van der Waals surface area contributed by atoms with Gasteiger partial charge in [0.25, 0.3) is 5.91 Å². The minimum Gasteiger partial charge on any atom is -0.508 e. The second-order valence-electron chi connectivity index (χ2n) is 6.04. The van der Waals surface area contributed by atoms with E-state index in [0.717, 1.165) is 6.42 Å². The Morgan fingerprint density at radius 3 is 2.73 bits per heavy atom. The van der Waals surface area contributed by atoms with Gasteiger partial charge in [-0.2, -0.15) is 5.10 Å². The van der Waals surface area contributed by atoms with Crippen molar-refractivity contribution in [2.45, 2.75) is 19.8 Å². The fraction of sp³-hybridized carbons (Fsp3) is 0.211. The van der Waals surface area contributed by atoms with Gasteiger partial charge < -0.3 is 15.1 Å². The molecule has 3 rings (SSSR count). The van der Waals surface area contributed by atoms with E-state index >= 15 is 0 Å². The Bertz CT molecular complexity index is 892. The van der Waals surface area contributed by atoms with E-state index in [9.17, 15) is 19.8 Å². The highest BCUT2D eigenvalue weighted by molar-refractivity contribution is 6.03. The normalized spacial score (nSPS) is 14.6. The van der Waals surface area contributed by atoms with E-state index in [4.69, 9.17) is 0 Å². The van der Waals surface area contributed by atoms with Gasteiger partial charge in [0, 0.05) is 29.8 Å². The van der Waals surface area contributed by atoms with Gasteiger partial charge in [0.05, 0.1) is 5.71 Å². The number of anilines is 1. The molecule has 3 N–H and O–H groups in total. The van der Waals surface area contributed by atoms with Crippen LogP contribution in [0.2, 0.25) is 0 Å². The molecule has 0 aliphatic carbocycles. The predicted molar refractivity (Wildman–Crippen MR) is 97.5 cm³/mol. The summed E-state index contributed by atoms with van der Waals surface area (Å²) in [5, 5.41) is 23.3. The van der Waals surface area contributed by atoms with Crippen LogP contribution in [0, 0.1) is 0 Å². The van der Waals surface area contributed by atoms with Crippen molar-refractivity contribution in [1.82, 2.24) is 5.43 Å². The van der Waals surface area contributed by atoms with Gasteiger partial charge >= 0.3 is 0 Å². The third kappa shape index (κ3) is 3.66. The zero-order valence-corrected chi connectivity index (χ0v) is 14.3. The molecule has 0 saturated carbocycles. The molecule has 1 heterocycles. The fourth-order valence-corrected chi connectivity index (χ4v) is 2.81. The first kappa shape index (κ1) is 17.5. The van der Waals surface area contributed by atoms with Crippen LogP contribution in [0.1, 0.15) is 35.7 Å². The van der Waals surface area contributed by atoms with E-state index in [0.29, 0.717) is 35.5 Å². The number of nitrogens with one attached hydrogen (secondary N) is 1. The molecule has 1 aliphatic heterocycles. The number of aromatic hydroxyl groups is 2. The van der Waals surface area contributed by atoms with Crippen molar-refractivity contribution < 1.29 is 19.8 Å². The van der Waals surface area contributed by atoms with Crippen LogP contribution in [0.5, 0.6) is 11.5 Å². The van der Waals surface area contributed by atoms with Gasteiger partial charge in [-0.05, 0) is 49.7 Å². The number of carbonyl (C=O) groups is 2. The SMILES string of the molecule is C/C(=N\NC(=O)c1cccc(N2CCCC2=O)c1)c1cc(O)ccc1O. The summed E-state index contributed by atoms with van der Waals surface area (Å²) in [6.07, 6.45) is 1.33. The zero-order chi connectivity index (χ0) is 18.7. The molecule has 7 nitrogen and oxygen atoms in total. The smallest absolute Gasteiger partial charge is 0.271 e. The van der Waals surface area contributed by atoms with Crippen molar-refractivity contribution in [3.63, 3.8) is 0 Å². The lowest BCUT2D eigenvalue weighted by Gasteiger charge is -2.16. The third-order valence-electron chi connectivity index (χ3n) is 4.19. The Labute approximate surface area is 150 Å². The first-order valence-electron chi connectivity index (χ1n) is 8.23. The molecule has 0 spiro atoms. The standard InChI is InChI=1S/C19H19N3O4/c1-12(16-11-15(23)7-8-17(16)24)20-21-19(26)13-4-2-5-14(10-13)22-9-3-6-18(22)25/h2,4-5,7-8,10-11,23-24H,3,6,9H2,1H3,(H,21,26)/b20-12+. The van der Waals surface area contributed by atoms with Gasteiger partial charge in [0.15, 0.2) is 0 Å². The molecule has 0 unspecified atom stereocenters. The molecule has 0 bridgehead atoms. The highest BCUT2D eigenvalue weighted by Crippen LogP contribution is 2.23. The van der Waals surface area contributed by atoms with Crippen LogP contribution in [0.15, 0.2) is 47.6 Å². The number of carbonyl (C=O) groups excluding carboxylic acids is 2. The van der Waals surface area contributed by atoms with E-state index in [2.05, 4.69) is 10.5 Å². The van der Waals surface area contributed by atoms with Gasteiger partial charge in [-0.3, -0.25) is 9.59 Å². The molecule has 134 valence electrons. The molecule has 26 heavy (non-hydrogen) atoms. The Hall–Kier alpha value is -3.35. The number of hydrogen-bond acceptors (Lipinski definition) is 5. The summed E-state index contributed by atoms with van der Waals surface area (Å²) in [6.45, 7) is 2.26. The monoisotopic (exact) mass is 353 g/mol. The number of hydrazone groups is 1. The van der Waals surface area contributed by atoms with Gasteiger partial charge in [0.2, 0.25) is 5.91 Å². The summed E-state index contributed by atoms with van der Waals surface area (Å²) in [7, 11) is 0. The lowest BCUT2D eigenvalue weighted by molar-refractivity contribution is -0.117. The lowest BCUT2D eigenvalue weighted by Crippen LogP contribution is -2.24. The third-order valence-corrected chi connectivity index (χ3v) is 4.19. The number of rotatable bonds is 4. The van der Waals surface area contributed by atoms with Crippen molar-refractivity contribution in [2.75, 3.05) is 11.4 Å². The van der Waals surface area contributed by atoms with Gasteiger partial charge in [-0.25, -0.2) is 5.43 Å². The molecule has 1 fully saturated rings. The van der Waals surface area contributed by atoms with Crippen LogP contribution in [-0.4, -0.2) is 34.3 Å². The zero-order valence-electron chi connectivity index (χ0n) is 14.3. The van der Waals surface area contributed by atoms with Crippen LogP contribution in [-0.2, 0) is 4.79 Å². The number of nitrogens with zero attached hydrogens (tertiary/aromatic N) is 2. The molecule has 2 aromatic rings. The summed E-state index contributed by atoms with van der Waals surface area (Å²) in [6, 6.07) is 10.9. The quantitative estimate of drug-likeness (QED) is 0.446. The number of benzene rings is 2. The van der Waals surface area contributed by atoms with E-state index < -0.39 is 5.91 Å². The van der Waals surface area contributed by atoms with E-state index in [-0.39, 0.29) is 17.4 Å². The maximum absolute atomic E-state index is 12.3. The second-order valence-corrected chi connectivity index (χ2v) is 6.04. The molecule has 1 saturated heterocycles. The van der Waals surface area contributed by atoms with E-state index in [1.165, 1.54) is 18.2 Å². The Kier molecular flexibility index (Phi) is 4.88. The van der Waals surface area contributed by atoms with Crippen molar-refractivity contribution in [1.29, 1.82) is 0 Å². The highest BCUT2D eigenvalue weighted by Gasteiger charge is 2.22. The first-order chi connectivity index (χ1) is 12.5. The van der Waals surface area contributed by atoms with Gasteiger partial charge in [-0.1, -0.05) is 6.07 Å². The van der Waals surface area contributed by atoms with Crippen LogP contribution >= 0.6 is 0 Å². The largest absolute Gasteiger partial charge is 0.508 e. The molecule has 0 aromatic heterocycles. The van der Waals surface area contributed by atoms with Crippen LogP contribution < -0.4 is 10.3 Å². The van der Waals surface area contributed by atoms with E-state index in [1.807, 2.05) is 0 Å². The second kappa shape index (κ2) is 7.26. The number of hydrogen-bond donors (Lipinski definition) is 3. The Morgan fingerprint density at radius 2 is 2.00 bits per heavy atom. The lowest BCUT2D eigenvalue weighted by atomic mass is 10.1. The fourth-order valence-electron chi connectivity index (χ4n) is 2.81. The topological polar surface area (TPSA) is 102 Å². The van der Waals surface area contributed by atoms with Crippen molar-refractivity contribution in [2.24, 2.45) is 5.10 Å². The van der Waals surface area contributed by atoms with Crippen LogP contribution in [0.25, 0.3) is 0 Å². The van der Waals surface area contributed by atoms with E-state index in [1.54, 1.807) is 36.1 Å². The molecule has 7 heteroatoms. The number of amides is 2. The average molecular weight is 353 g/mol. The average Bonchev–Trinajstić information content (AvgIpc) is 3.07. The first-order valence-corrected chi connectivity index (χ1v) is 8.23. The summed E-state index contributed by atoms with van der Waals surface area (Å²) < 4.78 is 0. The summed E-state index contributed by atoms with van der Waals surface area (Å²) >= 11 is 0. The molecule has 2 aromatic carbocycles. The minimum absolute atomic E-state index is 0.0124. The highest BCUT2D eigenvalue weighted by atomic mass is 16.3. The Morgan fingerprint density at radius 1 is 1.19 bits per heavy atom. The molecule has 0 radical (unpaired) electrons. The molecule has 1 aliphatic rings. The summed E-state index contributed by atoms with van der Waals surface area (Å²) in [4.78, 5) is 25.9. The Balaban J connectivity index is 1.76. The maximum atomic E-state index is 12.3.